The maximum atomic E-state index is 6.14. The molecule has 1 aromatic heterocycles. The lowest BCUT2D eigenvalue weighted by molar-refractivity contribution is -0.0767. The average molecular weight is 267 g/mol. The van der Waals surface area contributed by atoms with Crippen molar-refractivity contribution in [3.8, 4) is 0 Å². The topological polar surface area (TPSA) is 34.2 Å². The molecule has 18 heavy (non-hydrogen) atoms. The Morgan fingerprint density at radius 1 is 1.39 bits per heavy atom. The molecule has 2 fully saturated rings. The van der Waals surface area contributed by atoms with Crippen molar-refractivity contribution in [3.05, 3.63) is 23.4 Å². The molecular weight excluding hydrogens is 248 g/mol. The largest absolute Gasteiger partial charge is 0.375 e. The summed E-state index contributed by atoms with van der Waals surface area (Å²) < 4.78 is 6.03. The summed E-state index contributed by atoms with van der Waals surface area (Å²) in [5, 5.41) is 4.18. The van der Waals surface area contributed by atoms with Crippen LogP contribution in [0.5, 0.6) is 0 Å². The Kier molecular flexibility index (Phi) is 3.44. The zero-order chi connectivity index (χ0) is 12.4. The van der Waals surface area contributed by atoms with E-state index < -0.39 is 0 Å². The van der Waals surface area contributed by atoms with E-state index in [4.69, 9.17) is 16.3 Å². The normalized spacial score (nSPS) is 26.4. The van der Waals surface area contributed by atoms with Crippen LogP contribution in [0.4, 0.5) is 5.82 Å². The molecule has 0 bridgehead atoms. The van der Waals surface area contributed by atoms with Crippen LogP contribution in [0, 0.1) is 0 Å². The fourth-order valence-electron chi connectivity index (χ4n) is 3.20. The first-order valence-electron chi connectivity index (χ1n) is 6.78. The first kappa shape index (κ1) is 12.2. The third-order valence-corrected chi connectivity index (χ3v) is 4.41. The predicted molar refractivity (Wildman–Crippen MR) is 73.0 cm³/mol. The number of anilines is 1. The van der Waals surface area contributed by atoms with Gasteiger partial charge < -0.3 is 10.1 Å². The standard InChI is InChI=1S/C14H19ClN2O/c15-12-4-3-8-16-13(12)17-11-5-9-18-14(10-11)6-1-2-7-14/h3-4,8,11H,1-2,5-7,9-10H2,(H,16,17). The zero-order valence-corrected chi connectivity index (χ0v) is 11.2. The smallest absolute Gasteiger partial charge is 0.144 e. The first-order chi connectivity index (χ1) is 8.77. The highest BCUT2D eigenvalue weighted by Crippen LogP contribution is 2.40. The molecule has 2 aliphatic rings. The number of halogens is 1. The molecule has 1 aromatic rings. The third kappa shape index (κ3) is 2.47. The van der Waals surface area contributed by atoms with Crippen molar-refractivity contribution in [2.75, 3.05) is 11.9 Å². The molecule has 1 N–H and O–H groups in total. The summed E-state index contributed by atoms with van der Waals surface area (Å²) in [6.45, 7) is 0.849. The van der Waals surface area contributed by atoms with Gasteiger partial charge in [0, 0.05) is 18.8 Å². The predicted octanol–water partition coefficient (Wildman–Crippen LogP) is 3.64. The van der Waals surface area contributed by atoms with Gasteiger partial charge in [0.1, 0.15) is 5.82 Å². The second-order valence-electron chi connectivity index (χ2n) is 5.41. The highest BCUT2D eigenvalue weighted by Gasteiger charge is 2.39. The van der Waals surface area contributed by atoms with Crippen molar-refractivity contribution in [1.29, 1.82) is 0 Å². The minimum Gasteiger partial charge on any atom is -0.375 e. The molecule has 0 aromatic carbocycles. The van der Waals surface area contributed by atoms with E-state index in [9.17, 15) is 0 Å². The van der Waals surface area contributed by atoms with E-state index in [0.29, 0.717) is 11.1 Å². The van der Waals surface area contributed by atoms with Crippen LogP contribution < -0.4 is 5.32 Å². The second-order valence-corrected chi connectivity index (χ2v) is 5.81. The Morgan fingerprint density at radius 2 is 2.22 bits per heavy atom. The van der Waals surface area contributed by atoms with E-state index >= 15 is 0 Å². The van der Waals surface area contributed by atoms with Crippen LogP contribution in [0.2, 0.25) is 5.02 Å². The van der Waals surface area contributed by atoms with E-state index in [0.717, 1.165) is 25.3 Å². The van der Waals surface area contributed by atoms with Crippen LogP contribution in [0.25, 0.3) is 0 Å². The molecule has 1 unspecified atom stereocenters. The molecule has 1 saturated heterocycles. The molecule has 2 heterocycles. The Bertz CT molecular complexity index is 418. The van der Waals surface area contributed by atoms with E-state index in [1.807, 2.05) is 12.1 Å². The molecule has 0 radical (unpaired) electrons. The van der Waals surface area contributed by atoms with Gasteiger partial charge in [-0.2, -0.15) is 0 Å². The minimum absolute atomic E-state index is 0.136. The van der Waals surface area contributed by atoms with Crippen LogP contribution in [0.15, 0.2) is 18.3 Å². The number of aromatic nitrogens is 1. The maximum Gasteiger partial charge on any atom is 0.144 e. The summed E-state index contributed by atoms with van der Waals surface area (Å²) in [6.07, 6.45) is 8.92. The van der Waals surface area contributed by atoms with Crippen molar-refractivity contribution in [1.82, 2.24) is 4.98 Å². The van der Waals surface area contributed by atoms with Gasteiger partial charge >= 0.3 is 0 Å². The number of rotatable bonds is 2. The van der Waals surface area contributed by atoms with Gasteiger partial charge in [-0.1, -0.05) is 24.4 Å². The molecule has 1 aliphatic carbocycles. The Labute approximate surface area is 113 Å². The van der Waals surface area contributed by atoms with Gasteiger partial charge in [0.15, 0.2) is 0 Å². The van der Waals surface area contributed by atoms with E-state index in [1.54, 1.807) is 6.20 Å². The number of ether oxygens (including phenoxy) is 1. The van der Waals surface area contributed by atoms with Crippen molar-refractivity contribution in [2.45, 2.75) is 50.2 Å². The van der Waals surface area contributed by atoms with Crippen LogP contribution >= 0.6 is 11.6 Å². The van der Waals surface area contributed by atoms with E-state index in [2.05, 4.69) is 10.3 Å². The van der Waals surface area contributed by atoms with Gasteiger partial charge in [0.25, 0.3) is 0 Å². The molecule has 0 amide bonds. The third-order valence-electron chi connectivity index (χ3n) is 4.11. The van der Waals surface area contributed by atoms with Crippen LogP contribution in [0.1, 0.15) is 38.5 Å². The quantitative estimate of drug-likeness (QED) is 0.887. The van der Waals surface area contributed by atoms with Gasteiger partial charge in [-0.25, -0.2) is 4.98 Å². The molecule has 3 nitrogen and oxygen atoms in total. The highest BCUT2D eigenvalue weighted by atomic mass is 35.5. The SMILES string of the molecule is Clc1cccnc1NC1CCOC2(CCCC2)C1. The lowest BCUT2D eigenvalue weighted by atomic mass is 9.89. The van der Waals surface area contributed by atoms with Crippen molar-refractivity contribution in [3.63, 3.8) is 0 Å². The van der Waals surface area contributed by atoms with E-state index in [1.165, 1.54) is 25.7 Å². The lowest BCUT2D eigenvalue weighted by Gasteiger charge is -2.38. The van der Waals surface area contributed by atoms with Crippen molar-refractivity contribution < 1.29 is 4.74 Å². The number of hydrogen-bond acceptors (Lipinski definition) is 3. The van der Waals surface area contributed by atoms with Crippen molar-refractivity contribution >= 4 is 17.4 Å². The summed E-state index contributed by atoms with van der Waals surface area (Å²) in [5.74, 6) is 0.805. The minimum atomic E-state index is 0.136. The summed E-state index contributed by atoms with van der Waals surface area (Å²) in [7, 11) is 0. The van der Waals surface area contributed by atoms with Gasteiger partial charge in [-0.05, 0) is 37.8 Å². The molecule has 4 heteroatoms. The van der Waals surface area contributed by atoms with Crippen molar-refractivity contribution in [2.24, 2.45) is 0 Å². The number of pyridine rings is 1. The van der Waals surface area contributed by atoms with Gasteiger partial charge in [-0.15, -0.1) is 0 Å². The Morgan fingerprint density at radius 3 is 3.00 bits per heavy atom. The molecule has 1 aliphatic heterocycles. The van der Waals surface area contributed by atoms with Gasteiger partial charge in [0.05, 0.1) is 10.6 Å². The molecular formula is C14H19ClN2O. The fraction of sp³-hybridized carbons (Fsp3) is 0.643. The number of nitrogens with zero attached hydrogens (tertiary/aromatic N) is 1. The molecule has 1 atom stereocenters. The first-order valence-corrected chi connectivity index (χ1v) is 7.16. The fourth-order valence-corrected chi connectivity index (χ4v) is 3.38. The molecule has 1 spiro atoms. The molecule has 98 valence electrons. The Balaban J connectivity index is 1.68. The summed E-state index contributed by atoms with van der Waals surface area (Å²) in [6, 6.07) is 4.17. The molecule has 1 saturated carbocycles. The highest BCUT2D eigenvalue weighted by molar-refractivity contribution is 6.32. The van der Waals surface area contributed by atoms with Gasteiger partial charge in [0.2, 0.25) is 0 Å². The lowest BCUT2D eigenvalue weighted by Crippen LogP contribution is -2.42. The summed E-state index contributed by atoms with van der Waals surface area (Å²) in [4.78, 5) is 4.30. The Hall–Kier alpha value is -0.800. The summed E-state index contributed by atoms with van der Waals surface area (Å²) >= 11 is 6.14. The van der Waals surface area contributed by atoms with Crippen LogP contribution in [-0.2, 0) is 4.74 Å². The number of nitrogens with one attached hydrogen (secondary N) is 1. The van der Waals surface area contributed by atoms with Gasteiger partial charge in [-0.3, -0.25) is 0 Å². The average Bonchev–Trinajstić information content (AvgIpc) is 2.80. The second kappa shape index (κ2) is 5.06. The van der Waals surface area contributed by atoms with E-state index in [-0.39, 0.29) is 5.60 Å². The summed E-state index contributed by atoms with van der Waals surface area (Å²) in [5.41, 5.74) is 0.136. The van der Waals surface area contributed by atoms with Crippen LogP contribution in [-0.4, -0.2) is 23.2 Å². The zero-order valence-electron chi connectivity index (χ0n) is 10.5. The van der Waals surface area contributed by atoms with Crippen LogP contribution in [0.3, 0.4) is 0 Å². The monoisotopic (exact) mass is 266 g/mol. The number of hydrogen-bond donors (Lipinski definition) is 1. The maximum absolute atomic E-state index is 6.14. The molecule has 3 rings (SSSR count).